The van der Waals surface area contributed by atoms with Crippen LogP contribution in [0.5, 0.6) is 0 Å². The van der Waals surface area contributed by atoms with E-state index in [0.717, 1.165) is 29.0 Å². The highest BCUT2D eigenvalue weighted by Crippen LogP contribution is 2.04. The second-order valence-corrected chi connectivity index (χ2v) is 29.7. The number of sulfone groups is 1. The molecule has 6 N–H and O–H groups in total. The zero-order valence-corrected chi connectivity index (χ0v) is 44.1. The van der Waals surface area contributed by atoms with Gasteiger partial charge in [0.05, 0.1) is 34.7 Å². The van der Waals surface area contributed by atoms with Crippen LogP contribution in [0.15, 0.2) is 0 Å². The van der Waals surface area contributed by atoms with Crippen molar-refractivity contribution in [2.45, 2.75) is 60.8 Å². The lowest BCUT2D eigenvalue weighted by Crippen LogP contribution is -2.13. The molecule has 22 nitrogen and oxygen atoms in total. The van der Waals surface area contributed by atoms with Gasteiger partial charge in [-0.1, -0.05) is 34.6 Å². The van der Waals surface area contributed by atoms with E-state index < -0.39 is 87.1 Å². The van der Waals surface area contributed by atoms with Crippen LogP contribution < -0.4 is 0 Å². The molecular weight excluding hydrogens is 1050 g/mol. The molecule has 0 aliphatic heterocycles. The third-order valence-corrected chi connectivity index (χ3v) is 17.9. The molecular formula is C26H64O22S12. The van der Waals surface area contributed by atoms with Crippen molar-refractivity contribution in [1.82, 2.24) is 0 Å². The summed E-state index contributed by atoms with van der Waals surface area (Å²) in [7, 11) is -26.9. The Morgan fingerprint density at radius 3 is 1.17 bits per heavy atom. The molecule has 0 heterocycles. The van der Waals surface area contributed by atoms with E-state index in [0.29, 0.717) is 42.0 Å². The largest absolute Gasteiger partial charge is 0.371 e. The van der Waals surface area contributed by atoms with Gasteiger partial charge in [0.2, 0.25) is 0 Å². The van der Waals surface area contributed by atoms with Crippen molar-refractivity contribution < 1.29 is 95.2 Å². The van der Waals surface area contributed by atoms with Gasteiger partial charge in [0.1, 0.15) is 20.0 Å². The minimum absolute atomic E-state index is 0.00151. The van der Waals surface area contributed by atoms with Gasteiger partial charge in [-0.15, -0.1) is 23.5 Å². The zero-order valence-electron chi connectivity index (χ0n) is 34.3. The summed E-state index contributed by atoms with van der Waals surface area (Å²) < 4.78 is 208. The third-order valence-electron chi connectivity index (χ3n) is 5.02. The summed E-state index contributed by atoms with van der Waals surface area (Å²) in [4.78, 5) is 0. The van der Waals surface area contributed by atoms with E-state index >= 15 is 0 Å². The quantitative estimate of drug-likeness (QED) is 0.0391. The molecule has 0 rings (SSSR count). The van der Waals surface area contributed by atoms with E-state index in [2.05, 4.69) is 0 Å². The van der Waals surface area contributed by atoms with Crippen molar-refractivity contribution in [1.29, 1.82) is 0 Å². The molecule has 34 heteroatoms. The maximum atomic E-state index is 10.8. The van der Waals surface area contributed by atoms with E-state index in [9.17, 15) is 63.1 Å². The van der Waals surface area contributed by atoms with Crippen LogP contribution in [0, 0.1) is 0 Å². The van der Waals surface area contributed by atoms with Crippen LogP contribution >= 0.6 is 47.0 Å². The smallest absolute Gasteiger partial charge is 0.274 e. The Balaban J connectivity index is -0.000000146. The fourth-order valence-electron chi connectivity index (χ4n) is 2.42. The molecule has 0 spiro atoms. The van der Waals surface area contributed by atoms with Gasteiger partial charge in [0.15, 0.2) is 0 Å². The van der Waals surface area contributed by atoms with Crippen molar-refractivity contribution in [3.63, 3.8) is 0 Å². The van der Waals surface area contributed by atoms with Crippen LogP contribution in [0.1, 0.15) is 60.8 Å². The monoisotopic (exact) mass is 1110 g/mol. The Labute approximate surface area is 378 Å². The predicted octanol–water partition coefficient (Wildman–Crippen LogP) is 2.52. The molecule has 0 aromatic rings. The molecule has 1 unspecified atom stereocenters. The molecule has 0 saturated heterocycles. The van der Waals surface area contributed by atoms with Crippen molar-refractivity contribution in [3.8, 4) is 0 Å². The average Bonchev–Trinajstić information content (AvgIpc) is 3.06. The van der Waals surface area contributed by atoms with Crippen LogP contribution in [0.3, 0.4) is 0 Å². The first-order valence-corrected chi connectivity index (χ1v) is 34.7. The predicted molar refractivity (Wildman–Crippen MR) is 248 cm³/mol. The van der Waals surface area contributed by atoms with Crippen LogP contribution in [0.4, 0.5) is 0 Å². The zero-order chi connectivity index (χ0) is 48.8. The summed E-state index contributed by atoms with van der Waals surface area (Å²) in [6.07, 6.45) is 0.756. The summed E-state index contributed by atoms with van der Waals surface area (Å²) >= 11 is 5.37. The van der Waals surface area contributed by atoms with E-state index in [1.165, 1.54) is 30.4 Å². The Morgan fingerprint density at radius 2 is 0.833 bits per heavy atom. The SMILES string of the molecule is CCOCSCS(=O)(=O)O.CCS(=O)(=O)CCCS(=O)(=O)O.CCS(=O)CCCS(=O)(=O)O.CCSCCCS(=O)(=O)O.CCSCCS(=O)(=O)O.CCSCS(=O)(=O)O. The van der Waals surface area contributed by atoms with Gasteiger partial charge in [-0.3, -0.25) is 31.5 Å². The van der Waals surface area contributed by atoms with Crippen LogP contribution in [-0.4, -0.2) is 188 Å². The summed E-state index contributed by atoms with van der Waals surface area (Å²) in [6.45, 7) is 11.4. The second-order valence-electron chi connectivity index (χ2n) is 10.5. The summed E-state index contributed by atoms with van der Waals surface area (Å²) in [5.74, 6) is 3.82. The number of thioether (sulfide) groups is 4. The minimum Gasteiger partial charge on any atom is -0.371 e. The van der Waals surface area contributed by atoms with Gasteiger partial charge in [0.25, 0.3) is 60.7 Å². The highest BCUT2D eigenvalue weighted by atomic mass is 32.3. The molecule has 0 aliphatic rings. The fraction of sp³-hybridized carbons (Fsp3) is 1.00. The van der Waals surface area contributed by atoms with Crippen LogP contribution in [-0.2, 0) is 86.1 Å². The Morgan fingerprint density at radius 1 is 0.450 bits per heavy atom. The molecule has 0 aliphatic carbocycles. The van der Waals surface area contributed by atoms with Crippen molar-refractivity contribution in [2.75, 3.05) is 97.5 Å². The molecule has 372 valence electrons. The maximum absolute atomic E-state index is 10.8. The highest BCUT2D eigenvalue weighted by molar-refractivity contribution is 8.11. The van der Waals surface area contributed by atoms with E-state index in [-0.39, 0.29) is 51.8 Å². The number of hydrogen-bond donors (Lipinski definition) is 6. The minimum atomic E-state index is -4.02. The normalized spacial score (nSPS) is 12.6. The molecule has 0 bridgehead atoms. The van der Waals surface area contributed by atoms with Crippen molar-refractivity contribution >= 4 is 128 Å². The summed E-state index contributed by atoms with van der Waals surface area (Å²) in [6, 6.07) is 0. The van der Waals surface area contributed by atoms with Crippen LogP contribution in [0.2, 0.25) is 0 Å². The Hall–Kier alpha value is 0.920. The van der Waals surface area contributed by atoms with E-state index in [1.807, 2.05) is 27.7 Å². The molecule has 0 radical (unpaired) electrons. The van der Waals surface area contributed by atoms with Gasteiger partial charge in [-0.2, -0.15) is 74.0 Å². The molecule has 0 saturated carbocycles. The highest BCUT2D eigenvalue weighted by Gasteiger charge is 2.11. The number of hydrogen-bond acceptors (Lipinski definition) is 20. The molecule has 60 heavy (non-hydrogen) atoms. The lowest BCUT2D eigenvalue weighted by molar-refractivity contribution is 0.199. The Bertz CT molecular complexity index is 1790. The first-order chi connectivity index (χ1) is 27.0. The van der Waals surface area contributed by atoms with Crippen molar-refractivity contribution in [3.05, 3.63) is 0 Å². The topological polar surface area (TPSA) is 387 Å². The van der Waals surface area contributed by atoms with Gasteiger partial charge in [0, 0.05) is 40.4 Å². The molecule has 1 atom stereocenters. The van der Waals surface area contributed by atoms with Gasteiger partial charge in [-0.25, -0.2) is 8.42 Å². The standard InChI is InChI=1S/C5H12O5S2.C5H12O4S2.C5H12O3S2.C4H10O4S2.C4H10O3S2.C3H8O3S2/c1-2-11(6,7)4-3-5-12(8,9)10;1-2-10(6)4-3-5-11(7,8)9;1-2-9-4-3-5-10(6,7)8;1-2-8-3-9-4-10(5,6)7;1-2-8-3-4-9(5,6)7;1-2-7-3-8(4,5)6/h2-5H2,1H3,(H,8,9,10);2-5H2,1H3,(H,7,8,9);2-5H2,1H3,(H,6,7,8);2-4H2,1H3,(H,5,6,7);2-4H2,1H3,(H,5,6,7);2-3H2,1H3,(H,4,5,6). The van der Waals surface area contributed by atoms with E-state index in [1.54, 1.807) is 18.7 Å². The second kappa shape index (κ2) is 41.4. The van der Waals surface area contributed by atoms with Crippen LogP contribution in [0.25, 0.3) is 0 Å². The first kappa shape index (κ1) is 72.5. The third kappa shape index (κ3) is 93.7. The van der Waals surface area contributed by atoms with Gasteiger partial charge >= 0.3 is 0 Å². The number of ether oxygens (including phenoxy) is 1. The molecule has 0 aromatic heterocycles. The lowest BCUT2D eigenvalue weighted by atomic mass is 10.6. The average molecular weight is 1110 g/mol. The van der Waals surface area contributed by atoms with Gasteiger partial charge < -0.3 is 4.74 Å². The maximum Gasteiger partial charge on any atom is 0.274 e. The summed E-state index contributed by atoms with van der Waals surface area (Å²) in [5, 5.41) is -0.490. The van der Waals surface area contributed by atoms with Gasteiger partial charge in [-0.05, 0) is 49.2 Å². The summed E-state index contributed by atoms with van der Waals surface area (Å²) in [5.41, 5.74) is 0. The number of rotatable bonds is 27. The molecule has 0 aromatic carbocycles. The molecule has 0 fully saturated rings. The van der Waals surface area contributed by atoms with E-state index in [4.69, 9.17) is 32.1 Å². The van der Waals surface area contributed by atoms with Crippen molar-refractivity contribution in [2.24, 2.45) is 0 Å². The first-order valence-electron chi connectivity index (χ1n) is 17.1. The molecule has 0 amide bonds. The fourth-order valence-corrected chi connectivity index (χ4v) is 11.3. The lowest BCUT2D eigenvalue weighted by Gasteiger charge is -1.98. The Kier molecular flexibility index (Phi) is 50.0.